The van der Waals surface area contributed by atoms with Crippen molar-refractivity contribution >= 4 is 23.6 Å². The van der Waals surface area contributed by atoms with Gasteiger partial charge in [0, 0.05) is 18.7 Å². The van der Waals surface area contributed by atoms with Gasteiger partial charge in [0.1, 0.15) is 23.4 Å². The van der Waals surface area contributed by atoms with E-state index in [1.807, 2.05) is 25.1 Å². The van der Waals surface area contributed by atoms with Crippen LogP contribution in [-0.2, 0) is 14.3 Å². The highest BCUT2D eigenvalue weighted by molar-refractivity contribution is 8.01. The summed E-state index contributed by atoms with van der Waals surface area (Å²) in [5.74, 6) is 1.27. The number of ether oxygens (including phenoxy) is 3. The van der Waals surface area contributed by atoms with E-state index in [2.05, 4.69) is 0 Å². The van der Waals surface area contributed by atoms with Gasteiger partial charge in [0.2, 0.25) is 11.8 Å². The van der Waals surface area contributed by atoms with Crippen LogP contribution < -0.4 is 9.47 Å². The number of thioether (sulfide) groups is 1. The minimum Gasteiger partial charge on any atom is -0.497 e. The molecule has 0 saturated carbocycles. The lowest BCUT2D eigenvalue weighted by molar-refractivity contribution is -0.142. The van der Waals surface area contributed by atoms with E-state index in [0.29, 0.717) is 37.8 Å². The maximum absolute atomic E-state index is 12.7. The monoisotopic (exact) mass is 380 g/mol. The van der Waals surface area contributed by atoms with Crippen molar-refractivity contribution < 1.29 is 23.8 Å². The Morgan fingerprint density at radius 1 is 1.27 bits per heavy atom. The number of amides is 2. The maximum atomic E-state index is 12.7. The molecule has 0 bridgehead atoms. The molecule has 8 heteroatoms. The van der Waals surface area contributed by atoms with Crippen molar-refractivity contribution in [3.05, 3.63) is 23.8 Å². The number of morpholine rings is 1. The zero-order valence-corrected chi connectivity index (χ0v) is 16.1. The molecule has 0 aromatic heterocycles. The van der Waals surface area contributed by atoms with E-state index in [1.165, 1.54) is 11.8 Å². The molecule has 3 rings (SSSR count). The smallest absolute Gasteiger partial charge is 0.242 e. The van der Waals surface area contributed by atoms with Crippen molar-refractivity contribution in [2.24, 2.45) is 0 Å². The summed E-state index contributed by atoms with van der Waals surface area (Å²) in [6.45, 7) is 4.14. The van der Waals surface area contributed by atoms with Gasteiger partial charge in [-0.1, -0.05) is 0 Å². The summed E-state index contributed by atoms with van der Waals surface area (Å²) in [4.78, 5) is 28.8. The predicted octanol–water partition coefficient (Wildman–Crippen LogP) is 1.53. The first-order valence-electron chi connectivity index (χ1n) is 8.58. The number of rotatable bonds is 5. The lowest BCUT2D eigenvalue weighted by atomic mass is 10.1. The van der Waals surface area contributed by atoms with Crippen LogP contribution in [-0.4, -0.2) is 73.9 Å². The number of hydrogen-bond acceptors (Lipinski definition) is 6. The van der Waals surface area contributed by atoms with Gasteiger partial charge in [0.25, 0.3) is 0 Å². The molecule has 2 amide bonds. The Kier molecular flexibility index (Phi) is 5.93. The lowest BCUT2D eigenvalue weighted by Gasteiger charge is -2.31. The number of carbonyl (C=O) groups excluding carboxylic acids is 2. The van der Waals surface area contributed by atoms with Gasteiger partial charge in [-0.2, -0.15) is 0 Å². The van der Waals surface area contributed by atoms with Gasteiger partial charge < -0.3 is 24.0 Å². The van der Waals surface area contributed by atoms with Crippen LogP contribution in [0.4, 0.5) is 0 Å². The summed E-state index contributed by atoms with van der Waals surface area (Å²) in [7, 11) is 3.19. The van der Waals surface area contributed by atoms with Crippen molar-refractivity contribution in [1.29, 1.82) is 0 Å². The quantitative estimate of drug-likeness (QED) is 0.772. The lowest BCUT2D eigenvalue weighted by Crippen LogP contribution is -2.46. The molecule has 7 nitrogen and oxygen atoms in total. The zero-order valence-electron chi connectivity index (χ0n) is 15.3. The van der Waals surface area contributed by atoms with Crippen molar-refractivity contribution in [2.75, 3.05) is 47.1 Å². The number of benzene rings is 1. The maximum Gasteiger partial charge on any atom is 0.242 e. The largest absolute Gasteiger partial charge is 0.497 e. The molecule has 142 valence electrons. The summed E-state index contributed by atoms with van der Waals surface area (Å²) in [6, 6.07) is 5.51. The second kappa shape index (κ2) is 8.18. The highest BCUT2D eigenvalue weighted by atomic mass is 32.2. The summed E-state index contributed by atoms with van der Waals surface area (Å²) in [6.07, 6.45) is 0. The first-order chi connectivity index (χ1) is 12.5. The number of hydrogen-bond donors (Lipinski definition) is 0. The molecule has 2 heterocycles. The molecule has 2 unspecified atom stereocenters. The standard InChI is InChI=1S/C18H24N2O5S/c1-12-17(22)20(11-16(21)19-6-8-25-9-7-19)18(26-12)14-10-13(23-2)4-5-15(14)24-3/h4-5,10,12,18H,6-9,11H2,1-3H3. The van der Waals surface area contributed by atoms with Crippen LogP contribution >= 0.6 is 11.8 Å². The van der Waals surface area contributed by atoms with Gasteiger partial charge in [-0.15, -0.1) is 11.8 Å². The van der Waals surface area contributed by atoms with E-state index in [-0.39, 0.29) is 29.0 Å². The van der Waals surface area contributed by atoms with Crippen LogP contribution in [0.1, 0.15) is 17.9 Å². The average Bonchev–Trinajstić information content (AvgIpc) is 2.96. The Morgan fingerprint density at radius 2 is 2.00 bits per heavy atom. The fourth-order valence-electron chi connectivity index (χ4n) is 3.17. The molecule has 2 fully saturated rings. The van der Waals surface area contributed by atoms with Crippen LogP contribution in [0.2, 0.25) is 0 Å². The highest BCUT2D eigenvalue weighted by Gasteiger charge is 2.41. The SMILES string of the molecule is COc1ccc(OC)c(C2SC(C)C(=O)N2CC(=O)N2CCOCC2)c1. The number of methoxy groups -OCH3 is 2. The van der Waals surface area contributed by atoms with Crippen molar-refractivity contribution in [3.63, 3.8) is 0 Å². The van der Waals surface area contributed by atoms with E-state index >= 15 is 0 Å². The Hall–Kier alpha value is -1.93. The van der Waals surface area contributed by atoms with E-state index in [4.69, 9.17) is 14.2 Å². The van der Waals surface area contributed by atoms with Gasteiger partial charge in [0.05, 0.1) is 32.7 Å². The third-order valence-corrected chi connectivity index (χ3v) is 6.00. The highest BCUT2D eigenvalue weighted by Crippen LogP contribution is 2.46. The topological polar surface area (TPSA) is 68.3 Å². The summed E-state index contributed by atoms with van der Waals surface area (Å²) >= 11 is 1.52. The molecule has 0 N–H and O–H groups in total. The summed E-state index contributed by atoms with van der Waals surface area (Å²) in [5, 5.41) is -0.499. The third kappa shape index (κ3) is 3.76. The average molecular weight is 380 g/mol. The third-order valence-electron chi connectivity index (χ3n) is 4.62. The van der Waals surface area contributed by atoms with Crippen LogP contribution in [0, 0.1) is 0 Å². The molecule has 0 spiro atoms. The zero-order chi connectivity index (χ0) is 18.7. The van der Waals surface area contributed by atoms with Gasteiger partial charge in [0.15, 0.2) is 0 Å². The molecule has 2 saturated heterocycles. The van der Waals surface area contributed by atoms with Gasteiger partial charge in [-0.05, 0) is 25.1 Å². The van der Waals surface area contributed by atoms with E-state index in [0.717, 1.165) is 5.56 Å². The summed E-state index contributed by atoms with van der Waals surface area (Å²) in [5.41, 5.74) is 0.837. The van der Waals surface area contributed by atoms with Crippen LogP contribution in [0.15, 0.2) is 18.2 Å². The fourth-order valence-corrected chi connectivity index (χ4v) is 4.46. The summed E-state index contributed by atoms with van der Waals surface area (Å²) < 4.78 is 16.1. The number of carbonyl (C=O) groups is 2. The van der Waals surface area contributed by atoms with Crippen LogP contribution in [0.5, 0.6) is 11.5 Å². The van der Waals surface area contributed by atoms with E-state index in [1.54, 1.807) is 24.0 Å². The van der Waals surface area contributed by atoms with Crippen molar-refractivity contribution in [3.8, 4) is 11.5 Å². The predicted molar refractivity (Wildman–Crippen MR) is 98.5 cm³/mol. The molecule has 1 aromatic carbocycles. The second-order valence-electron chi connectivity index (χ2n) is 6.20. The van der Waals surface area contributed by atoms with Gasteiger partial charge >= 0.3 is 0 Å². The fraction of sp³-hybridized carbons (Fsp3) is 0.556. The van der Waals surface area contributed by atoms with E-state index < -0.39 is 0 Å². The molecule has 2 aliphatic heterocycles. The Balaban J connectivity index is 1.85. The molecule has 2 atom stereocenters. The van der Waals surface area contributed by atoms with Gasteiger partial charge in [-0.25, -0.2) is 0 Å². The molecule has 2 aliphatic rings. The van der Waals surface area contributed by atoms with Crippen molar-refractivity contribution in [1.82, 2.24) is 9.80 Å². The first-order valence-corrected chi connectivity index (χ1v) is 9.52. The van der Waals surface area contributed by atoms with Crippen LogP contribution in [0.3, 0.4) is 0 Å². The minimum absolute atomic E-state index is 0.0357. The Bertz CT molecular complexity index is 678. The number of nitrogens with zero attached hydrogens (tertiary/aromatic N) is 2. The molecule has 1 aromatic rings. The van der Waals surface area contributed by atoms with E-state index in [9.17, 15) is 9.59 Å². The van der Waals surface area contributed by atoms with Gasteiger partial charge in [-0.3, -0.25) is 9.59 Å². The molecule has 0 aliphatic carbocycles. The Labute approximate surface area is 157 Å². The molecular formula is C18H24N2O5S. The minimum atomic E-state index is -0.285. The molecule has 0 radical (unpaired) electrons. The molecule has 26 heavy (non-hydrogen) atoms. The van der Waals surface area contributed by atoms with Crippen LogP contribution in [0.25, 0.3) is 0 Å². The van der Waals surface area contributed by atoms with Crippen molar-refractivity contribution in [2.45, 2.75) is 17.5 Å². The second-order valence-corrected chi connectivity index (χ2v) is 7.62. The normalized spacial score (nSPS) is 23.3. The molecular weight excluding hydrogens is 356 g/mol. The Morgan fingerprint density at radius 3 is 2.65 bits per heavy atom. The first kappa shape index (κ1) is 18.8.